The van der Waals surface area contributed by atoms with Gasteiger partial charge in [-0.15, -0.1) is 0 Å². The predicted molar refractivity (Wildman–Crippen MR) is 142 cm³/mol. The van der Waals surface area contributed by atoms with Gasteiger partial charge in [-0.2, -0.15) is 26.3 Å². The predicted octanol–water partition coefficient (Wildman–Crippen LogP) is 5.26. The van der Waals surface area contributed by atoms with Crippen molar-refractivity contribution in [1.82, 2.24) is 4.90 Å². The number of benzene rings is 2. The fraction of sp³-hybridized carbons (Fsp3) is 0.519. The molecular formula is C27H24ClF8NO5S2. The van der Waals surface area contributed by atoms with Crippen LogP contribution in [0, 0.1) is 5.82 Å². The van der Waals surface area contributed by atoms with E-state index in [1.165, 1.54) is 0 Å². The van der Waals surface area contributed by atoms with Gasteiger partial charge in [0.15, 0.2) is 9.84 Å². The molecule has 0 spiro atoms. The number of amides is 1. The molecule has 5 rings (SSSR count). The maximum Gasteiger partial charge on any atom is 0.435 e. The lowest BCUT2D eigenvalue weighted by atomic mass is 9.76. The molecule has 6 nitrogen and oxygen atoms in total. The summed E-state index contributed by atoms with van der Waals surface area (Å²) in [6.07, 6.45) is -14.2. The van der Waals surface area contributed by atoms with E-state index in [0.717, 1.165) is 23.1 Å². The molecule has 17 heteroatoms. The number of hydrogen-bond donors (Lipinski definition) is 1. The number of likely N-dealkylation sites (tertiary alicyclic amines) is 1. The minimum absolute atomic E-state index is 0.00721. The second-order valence-electron chi connectivity index (χ2n) is 11.2. The van der Waals surface area contributed by atoms with Crippen LogP contribution < -0.4 is 0 Å². The van der Waals surface area contributed by atoms with Crippen molar-refractivity contribution in [2.24, 2.45) is 0 Å². The van der Waals surface area contributed by atoms with E-state index in [0.29, 0.717) is 12.1 Å². The number of alkyl halides is 7. The average molecular weight is 694 g/mol. The van der Waals surface area contributed by atoms with Gasteiger partial charge in [-0.1, -0.05) is 29.8 Å². The third kappa shape index (κ3) is 4.77. The minimum Gasteiger partial charge on any atom is -0.380 e. The number of sulfone groups is 1. The molecule has 242 valence electrons. The summed E-state index contributed by atoms with van der Waals surface area (Å²) in [6, 6.07) is 2.44. The first-order chi connectivity index (χ1) is 20.2. The Morgan fingerprint density at radius 3 is 2.16 bits per heavy atom. The number of carbonyl (C=O) groups excluding carboxylic acids is 1. The molecule has 2 fully saturated rings. The molecule has 0 bridgehead atoms. The summed E-state index contributed by atoms with van der Waals surface area (Å²) >= 11 is 5.85. The third-order valence-electron chi connectivity index (χ3n) is 8.89. The zero-order chi connectivity index (χ0) is 32.7. The van der Waals surface area contributed by atoms with E-state index < -0.39 is 88.7 Å². The Hall–Kier alpha value is -2.30. The van der Waals surface area contributed by atoms with Crippen molar-refractivity contribution in [2.45, 2.75) is 71.4 Å². The lowest BCUT2D eigenvalue weighted by Gasteiger charge is -2.44. The van der Waals surface area contributed by atoms with E-state index in [1.807, 2.05) is 0 Å². The van der Waals surface area contributed by atoms with Crippen LogP contribution in [0.4, 0.5) is 35.1 Å². The summed E-state index contributed by atoms with van der Waals surface area (Å²) in [6.45, 7) is -0.289. The van der Waals surface area contributed by atoms with Crippen LogP contribution in [0.15, 0.2) is 41.3 Å². The fourth-order valence-corrected chi connectivity index (χ4v) is 10.6. The monoisotopic (exact) mass is 693 g/mol. The van der Waals surface area contributed by atoms with Crippen LogP contribution in [0.1, 0.15) is 42.4 Å². The smallest absolute Gasteiger partial charge is 0.380 e. The second-order valence-corrected chi connectivity index (χ2v) is 15.5. The zero-order valence-corrected chi connectivity index (χ0v) is 24.8. The first-order valence-corrected chi connectivity index (χ1v) is 16.6. The van der Waals surface area contributed by atoms with E-state index >= 15 is 0 Å². The highest BCUT2D eigenvalue weighted by Crippen LogP contribution is 2.57. The Labute approximate surface area is 253 Å². The molecule has 44 heavy (non-hydrogen) atoms. The number of nitrogens with zero attached hydrogens (tertiary/aromatic N) is 1. The highest BCUT2D eigenvalue weighted by atomic mass is 35.5. The number of aryl methyl sites for hydroxylation is 1. The molecule has 0 saturated carbocycles. The van der Waals surface area contributed by atoms with Gasteiger partial charge in [0.2, 0.25) is 0 Å². The molecule has 0 aromatic heterocycles. The van der Waals surface area contributed by atoms with E-state index in [2.05, 4.69) is 0 Å². The standard InChI is InChI=1S/C27H24ClF8NO5S2/c28-19-14-17(3-5-20(19)29)44(41,42)24-7-10-37(22(38)23(39)8-11-43(40)12-9-23)21(24)6-1-15-13-16(2-4-18(15)24)25(30,26(31,32)33)27(34,35)36/h2-5,13-14,21,39H,1,6-12H2. The summed E-state index contributed by atoms with van der Waals surface area (Å²) in [5, 5.41) is 10.6. The fourth-order valence-electron chi connectivity index (χ4n) is 6.60. The number of fused-ring (bicyclic) bond motifs is 3. The highest BCUT2D eigenvalue weighted by molar-refractivity contribution is 7.92. The molecule has 2 unspecified atom stereocenters. The quantitative estimate of drug-likeness (QED) is 0.349. The third-order valence-corrected chi connectivity index (χ3v) is 13.0. The van der Waals surface area contributed by atoms with Gasteiger partial charge >= 0.3 is 18.0 Å². The van der Waals surface area contributed by atoms with E-state index in [9.17, 15) is 57.7 Å². The first-order valence-electron chi connectivity index (χ1n) is 13.2. The number of aliphatic hydroxyl groups is 1. The molecule has 2 saturated heterocycles. The van der Waals surface area contributed by atoms with Gasteiger partial charge in [0.1, 0.15) is 16.2 Å². The van der Waals surface area contributed by atoms with Gasteiger partial charge in [0.25, 0.3) is 5.91 Å². The van der Waals surface area contributed by atoms with Gasteiger partial charge in [-0.25, -0.2) is 17.2 Å². The van der Waals surface area contributed by atoms with Gasteiger partial charge in [0, 0.05) is 34.4 Å². The largest absolute Gasteiger partial charge is 0.435 e. The normalized spacial score (nSPS) is 28.0. The Bertz CT molecular complexity index is 1620. The van der Waals surface area contributed by atoms with Crippen molar-refractivity contribution in [3.63, 3.8) is 0 Å². The zero-order valence-electron chi connectivity index (χ0n) is 22.4. The van der Waals surface area contributed by atoms with E-state index in [1.54, 1.807) is 0 Å². The molecule has 1 N–H and O–H groups in total. The Kier molecular flexibility index (Phi) is 7.99. The lowest BCUT2D eigenvalue weighted by Crippen LogP contribution is -2.58. The summed E-state index contributed by atoms with van der Waals surface area (Å²) in [5.74, 6) is -1.81. The maximum absolute atomic E-state index is 15.0. The van der Waals surface area contributed by atoms with Crippen molar-refractivity contribution in [3.8, 4) is 0 Å². The summed E-state index contributed by atoms with van der Waals surface area (Å²) in [5.41, 5.74) is -10.1. The number of rotatable bonds is 4. The van der Waals surface area contributed by atoms with Crippen LogP contribution in [0.3, 0.4) is 0 Å². The number of carbonyl (C=O) groups is 1. The lowest BCUT2D eigenvalue weighted by molar-refractivity contribution is -0.348. The highest BCUT2D eigenvalue weighted by Gasteiger charge is 2.74. The minimum atomic E-state index is -6.40. The van der Waals surface area contributed by atoms with E-state index in [-0.39, 0.29) is 60.9 Å². The molecule has 2 aromatic rings. The van der Waals surface area contributed by atoms with Crippen LogP contribution >= 0.6 is 11.6 Å². The van der Waals surface area contributed by atoms with E-state index in [4.69, 9.17) is 11.6 Å². The van der Waals surface area contributed by atoms with Crippen LogP contribution in [-0.4, -0.2) is 70.6 Å². The molecule has 2 aromatic carbocycles. The van der Waals surface area contributed by atoms with Gasteiger partial charge in [-0.05, 0) is 61.4 Å². The number of halogens is 9. The molecule has 3 aliphatic rings. The van der Waals surface area contributed by atoms with Crippen molar-refractivity contribution < 1.29 is 57.7 Å². The Morgan fingerprint density at radius 1 is 0.977 bits per heavy atom. The molecule has 1 amide bonds. The summed E-state index contributed by atoms with van der Waals surface area (Å²) in [7, 11) is -6.03. The topological polar surface area (TPSA) is 91.8 Å². The Balaban J connectivity index is 1.69. The average Bonchev–Trinajstić information content (AvgIpc) is 3.35. The van der Waals surface area contributed by atoms with Gasteiger partial charge in [0.05, 0.1) is 16.0 Å². The van der Waals surface area contributed by atoms with Crippen molar-refractivity contribution in [3.05, 3.63) is 63.9 Å². The SMILES string of the molecule is O=C(N1CCC2(S(=O)(=O)c3ccc(F)c(Cl)c3)c3ccc(C(F)(C(F)(F)F)C(F)(F)F)cc3CCC12)C1(O)CCS(=O)CC1. The molecule has 2 aliphatic heterocycles. The van der Waals surface area contributed by atoms with Crippen molar-refractivity contribution >= 4 is 38.1 Å². The van der Waals surface area contributed by atoms with Crippen molar-refractivity contribution in [1.29, 1.82) is 0 Å². The molecular weight excluding hydrogens is 670 g/mol. The Morgan fingerprint density at radius 2 is 1.59 bits per heavy atom. The summed E-state index contributed by atoms with van der Waals surface area (Å²) in [4.78, 5) is 14.3. The van der Waals surface area contributed by atoms with Crippen molar-refractivity contribution in [2.75, 3.05) is 18.1 Å². The number of hydrogen-bond acceptors (Lipinski definition) is 5. The van der Waals surface area contributed by atoms with Crippen LogP contribution in [-0.2, 0) is 42.3 Å². The van der Waals surface area contributed by atoms with Crippen LogP contribution in [0.2, 0.25) is 5.02 Å². The van der Waals surface area contributed by atoms with Gasteiger partial charge in [-0.3, -0.25) is 9.00 Å². The molecule has 0 radical (unpaired) electrons. The second kappa shape index (κ2) is 10.6. The van der Waals surface area contributed by atoms with Gasteiger partial charge < -0.3 is 10.0 Å². The first kappa shape index (κ1) is 33.1. The molecule has 2 heterocycles. The summed E-state index contributed by atoms with van der Waals surface area (Å²) < 4.78 is 149. The van der Waals surface area contributed by atoms with Crippen LogP contribution in [0.5, 0.6) is 0 Å². The molecule has 2 atom stereocenters. The molecule has 1 aliphatic carbocycles. The van der Waals surface area contributed by atoms with Crippen LogP contribution in [0.25, 0.3) is 0 Å². The maximum atomic E-state index is 15.0.